The van der Waals surface area contributed by atoms with Crippen LogP contribution in [0.4, 0.5) is 8.78 Å². The van der Waals surface area contributed by atoms with Gasteiger partial charge in [-0.1, -0.05) is 0 Å². The molecule has 2 unspecified atom stereocenters. The van der Waals surface area contributed by atoms with Crippen molar-refractivity contribution in [3.05, 3.63) is 35.4 Å². The first-order chi connectivity index (χ1) is 11.0. The Hall–Kier alpha value is -1.53. The lowest BCUT2D eigenvalue weighted by molar-refractivity contribution is -0.122. The van der Waals surface area contributed by atoms with Crippen molar-refractivity contribution in [1.29, 1.82) is 0 Å². The summed E-state index contributed by atoms with van der Waals surface area (Å²) in [7, 11) is 0. The first-order valence-electron chi connectivity index (χ1n) is 8.05. The Morgan fingerprint density at radius 3 is 2.42 bits per heavy atom. The summed E-state index contributed by atoms with van der Waals surface area (Å²) >= 11 is 0. The number of hydrogen-bond acceptors (Lipinski definition) is 3. The summed E-state index contributed by atoms with van der Waals surface area (Å²) in [5, 5.41) is 6.46. The highest BCUT2D eigenvalue weighted by atomic mass is 35.5. The number of halogens is 3. The Balaban J connectivity index is 0.00000208. The predicted octanol–water partition coefficient (Wildman–Crippen LogP) is 2.75. The zero-order valence-electron chi connectivity index (χ0n) is 13.2. The van der Waals surface area contributed by atoms with Crippen molar-refractivity contribution < 1.29 is 18.4 Å². The van der Waals surface area contributed by atoms with E-state index in [0.717, 1.165) is 37.8 Å². The lowest BCUT2D eigenvalue weighted by Crippen LogP contribution is -2.48. The number of carbonyl (C=O) groups excluding carboxylic acids is 2. The van der Waals surface area contributed by atoms with Crippen molar-refractivity contribution in [3.8, 4) is 0 Å². The number of rotatable bonds is 5. The maximum atomic E-state index is 13.5. The molecule has 2 heterocycles. The van der Waals surface area contributed by atoms with Crippen LogP contribution in [0.5, 0.6) is 0 Å². The van der Waals surface area contributed by atoms with Crippen LogP contribution in [-0.2, 0) is 4.79 Å². The number of piperidine rings is 1. The molecule has 2 fully saturated rings. The van der Waals surface area contributed by atoms with Gasteiger partial charge in [-0.15, -0.1) is 12.4 Å². The summed E-state index contributed by atoms with van der Waals surface area (Å²) in [4.78, 5) is 23.9. The van der Waals surface area contributed by atoms with Crippen LogP contribution >= 0.6 is 12.4 Å². The van der Waals surface area contributed by atoms with E-state index in [4.69, 9.17) is 0 Å². The molecule has 0 radical (unpaired) electrons. The number of hydrogen-bond donors (Lipinski definition) is 2. The molecule has 4 nitrogen and oxygen atoms in total. The van der Waals surface area contributed by atoms with E-state index in [2.05, 4.69) is 10.6 Å². The van der Waals surface area contributed by atoms with Gasteiger partial charge in [-0.05, 0) is 37.8 Å². The topological polar surface area (TPSA) is 58.2 Å². The smallest absolute Gasteiger partial charge is 0.220 e. The number of benzene rings is 1. The highest BCUT2D eigenvalue weighted by molar-refractivity contribution is 5.98. The van der Waals surface area contributed by atoms with E-state index in [-0.39, 0.29) is 42.8 Å². The normalized spacial score (nSPS) is 25.0. The average molecular weight is 359 g/mol. The molecule has 2 N–H and O–H groups in total. The molecule has 2 bridgehead atoms. The molecule has 0 saturated carbocycles. The second-order valence-corrected chi connectivity index (χ2v) is 6.42. The van der Waals surface area contributed by atoms with E-state index in [9.17, 15) is 18.4 Å². The highest BCUT2D eigenvalue weighted by Crippen LogP contribution is 2.26. The molecule has 2 aliphatic heterocycles. The molecule has 2 atom stereocenters. The van der Waals surface area contributed by atoms with Crippen molar-refractivity contribution >= 4 is 24.1 Å². The fraction of sp³-hybridized carbons (Fsp3) is 0.529. The van der Waals surface area contributed by atoms with Gasteiger partial charge in [-0.3, -0.25) is 9.59 Å². The minimum absolute atomic E-state index is 0. The summed E-state index contributed by atoms with van der Waals surface area (Å²) in [5.41, 5.74) is -0.167. The predicted molar refractivity (Wildman–Crippen MR) is 88.3 cm³/mol. The molecule has 24 heavy (non-hydrogen) atoms. The van der Waals surface area contributed by atoms with Gasteiger partial charge in [0.1, 0.15) is 11.6 Å². The number of amides is 1. The number of nitrogens with one attached hydrogen (secondary N) is 2. The molecular weight excluding hydrogens is 338 g/mol. The van der Waals surface area contributed by atoms with E-state index >= 15 is 0 Å². The first-order valence-corrected chi connectivity index (χ1v) is 8.05. The first kappa shape index (κ1) is 18.8. The van der Waals surface area contributed by atoms with Crippen LogP contribution in [0.1, 0.15) is 48.9 Å². The summed E-state index contributed by atoms with van der Waals surface area (Å²) in [5.74, 6) is -2.28. The molecule has 0 spiro atoms. The summed E-state index contributed by atoms with van der Waals surface area (Å²) in [6, 6.07) is 3.95. The van der Waals surface area contributed by atoms with Crippen molar-refractivity contribution in [1.82, 2.24) is 10.6 Å². The third-order valence-corrected chi connectivity index (χ3v) is 4.65. The van der Waals surface area contributed by atoms with E-state index in [1.54, 1.807) is 0 Å². The minimum Gasteiger partial charge on any atom is -0.353 e. The molecule has 0 aliphatic carbocycles. The molecule has 7 heteroatoms. The van der Waals surface area contributed by atoms with Crippen molar-refractivity contribution in [2.75, 3.05) is 0 Å². The Labute approximate surface area is 145 Å². The minimum atomic E-state index is -0.884. The maximum Gasteiger partial charge on any atom is 0.220 e. The number of Topliss-reactive ketones (excluding diaryl/α,β-unsaturated/α-hetero) is 1. The fourth-order valence-corrected chi connectivity index (χ4v) is 3.55. The molecule has 1 aromatic carbocycles. The van der Waals surface area contributed by atoms with Crippen molar-refractivity contribution in [2.45, 2.75) is 56.7 Å². The van der Waals surface area contributed by atoms with Crippen LogP contribution in [0.15, 0.2) is 18.2 Å². The molecule has 132 valence electrons. The maximum absolute atomic E-state index is 13.5. The van der Waals surface area contributed by atoms with Crippen LogP contribution in [0, 0.1) is 11.6 Å². The van der Waals surface area contributed by atoms with Crippen LogP contribution < -0.4 is 10.6 Å². The van der Waals surface area contributed by atoms with Crippen LogP contribution in [0.2, 0.25) is 0 Å². The molecule has 1 aromatic rings. The van der Waals surface area contributed by atoms with Crippen molar-refractivity contribution in [3.63, 3.8) is 0 Å². The Morgan fingerprint density at radius 2 is 1.79 bits per heavy atom. The van der Waals surface area contributed by atoms with Gasteiger partial charge in [-0.2, -0.15) is 0 Å². The molecule has 2 saturated heterocycles. The fourth-order valence-electron chi connectivity index (χ4n) is 3.55. The molecular formula is C17H21ClF2N2O2. The number of fused-ring (bicyclic) bond motifs is 2. The quantitative estimate of drug-likeness (QED) is 0.796. The lowest BCUT2D eigenvalue weighted by atomic mass is 9.99. The van der Waals surface area contributed by atoms with E-state index in [1.807, 2.05) is 0 Å². The summed E-state index contributed by atoms with van der Waals surface area (Å²) in [6.07, 6.45) is 4.09. The third-order valence-electron chi connectivity index (χ3n) is 4.65. The van der Waals surface area contributed by atoms with E-state index in [1.165, 1.54) is 0 Å². The van der Waals surface area contributed by atoms with Gasteiger partial charge < -0.3 is 10.6 Å². The molecule has 0 aromatic heterocycles. The zero-order chi connectivity index (χ0) is 16.4. The van der Waals surface area contributed by atoms with Crippen molar-refractivity contribution in [2.24, 2.45) is 0 Å². The van der Waals surface area contributed by atoms with Gasteiger partial charge >= 0.3 is 0 Å². The number of ketones is 1. The van der Waals surface area contributed by atoms with Gasteiger partial charge in [-0.25, -0.2) is 8.78 Å². The average Bonchev–Trinajstić information content (AvgIpc) is 2.84. The van der Waals surface area contributed by atoms with Crippen LogP contribution in [0.3, 0.4) is 0 Å². The van der Waals surface area contributed by atoms with Crippen LogP contribution in [0.25, 0.3) is 0 Å². The Kier molecular flexibility index (Phi) is 6.29. The number of carbonyl (C=O) groups is 2. The van der Waals surface area contributed by atoms with Gasteiger partial charge in [0, 0.05) is 37.0 Å². The lowest BCUT2D eigenvalue weighted by Gasteiger charge is -2.29. The van der Waals surface area contributed by atoms with Gasteiger partial charge in [0.25, 0.3) is 0 Å². The van der Waals surface area contributed by atoms with E-state index < -0.39 is 17.4 Å². The van der Waals surface area contributed by atoms with Crippen LogP contribution in [-0.4, -0.2) is 29.8 Å². The molecule has 3 rings (SSSR count). The SMILES string of the molecule is Cl.O=C(CCC(=O)c1ccc(F)cc1F)NC1CC2CCC(C1)N2. The zero-order valence-corrected chi connectivity index (χ0v) is 14.0. The largest absolute Gasteiger partial charge is 0.353 e. The summed E-state index contributed by atoms with van der Waals surface area (Å²) in [6.45, 7) is 0. The van der Waals surface area contributed by atoms with Gasteiger partial charge in [0.05, 0.1) is 5.56 Å². The monoisotopic (exact) mass is 358 g/mol. The van der Waals surface area contributed by atoms with Gasteiger partial charge in [0.15, 0.2) is 5.78 Å². The standard InChI is InChI=1S/C17H20F2N2O2.ClH/c18-10-1-4-14(15(19)7-10)16(22)5-6-17(23)21-13-8-11-2-3-12(9-13)20-11;/h1,4,7,11-13,20H,2-3,5-6,8-9H2,(H,21,23);1H. The third kappa shape index (κ3) is 4.51. The van der Waals surface area contributed by atoms with E-state index in [0.29, 0.717) is 18.2 Å². The Bertz CT molecular complexity index is 615. The molecule has 1 amide bonds. The molecule has 2 aliphatic rings. The second-order valence-electron chi connectivity index (χ2n) is 6.42. The summed E-state index contributed by atoms with van der Waals surface area (Å²) < 4.78 is 26.4. The van der Waals surface area contributed by atoms with Gasteiger partial charge in [0.2, 0.25) is 5.91 Å². The second kappa shape index (κ2) is 8.03. The highest BCUT2D eigenvalue weighted by Gasteiger charge is 2.33. The Morgan fingerprint density at radius 1 is 1.12 bits per heavy atom.